The molecule has 2 aromatic carbocycles. The zero-order chi connectivity index (χ0) is 18.2. The van der Waals surface area contributed by atoms with E-state index in [0.29, 0.717) is 12.2 Å². The number of rotatable bonds is 7. The summed E-state index contributed by atoms with van der Waals surface area (Å²) < 4.78 is 25.7. The molecule has 2 aromatic rings. The van der Waals surface area contributed by atoms with Gasteiger partial charge in [-0.05, 0) is 42.0 Å². The molecule has 0 saturated heterocycles. The van der Waals surface area contributed by atoms with Crippen LogP contribution in [0.1, 0.15) is 5.56 Å². The Morgan fingerprint density at radius 1 is 0.960 bits per heavy atom. The third kappa shape index (κ3) is 6.54. The number of halogens is 2. The van der Waals surface area contributed by atoms with E-state index in [4.69, 9.17) is 0 Å². The highest BCUT2D eigenvalue weighted by Gasteiger charge is 2.11. The smallest absolute Gasteiger partial charge is 0.234 e. The van der Waals surface area contributed by atoms with Crippen LogP contribution in [0.25, 0.3) is 0 Å². The van der Waals surface area contributed by atoms with E-state index >= 15 is 0 Å². The summed E-state index contributed by atoms with van der Waals surface area (Å²) in [5, 5.41) is 2.63. The zero-order valence-electron chi connectivity index (χ0n) is 13.7. The number of hydrogen-bond acceptors (Lipinski definition) is 3. The molecule has 0 unspecified atom stereocenters. The van der Waals surface area contributed by atoms with Gasteiger partial charge in [-0.25, -0.2) is 8.78 Å². The number of hydrogen-bond donors (Lipinski definition) is 1. The first-order valence-corrected chi connectivity index (χ1v) is 8.71. The van der Waals surface area contributed by atoms with Crippen LogP contribution in [-0.4, -0.2) is 35.3 Å². The van der Waals surface area contributed by atoms with E-state index in [9.17, 15) is 18.4 Å². The van der Waals surface area contributed by atoms with Crippen LogP contribution in [0.4, 0.5) is 14.5 Å². The molecule has 0 saturated carbocycles. The van der Waals surface area contributed by atoms with Crippen LogP contribution in [0.15, 0.2) is 48.5 Å². The predicted molar refractivity (Wildman–Crippen MR) is 95.2 cm³/mol. The Hall–Kier alpha value is -2.41. The van der Waals surface area contributed by atoms with E-state index in [-0.39, 0.29) is 35.0 Å². The average molecular weight is 364 g/mol. The summed E-state index contributed by atoms with van der Waals surface area (Å²) in [5.41, 5.74) is 1.34. The maximum Gasteiger partial charge on any atom is 0.234 e. The van der Waals surface area contributed by atoms with E-state index < -0.39 is 0 Å². The van der Waals surface area contributed by atoms with Crippen molar-refractivity contribution in [2.24, 2.45) is 0 Å². The molecule has 132 valence electrons. The molecule has 7 heteroatoms. The van der Waals surface area contributed by atoms with Gasteiger partial charge in [0.25, 0.3) is 0 Å². The molecule has 0 aromatic heterocycles. The second-order valence-corrected chi connectivity index (χ2v) is 6.41. The Kier molecular flexibility index (Phi) is 6.94. The first-order chi connectivity index (χ1) is 11.9. The van der Waals surface area contributed by atoms with E-state index in [0.717, 1.165) is 5.56 Å². The average Bonchev–Trinajstić information content (AvgIpc) is 2.59. The third-order valence-corrected chi connectivity index (χ3v) is 4.26. The van der Waals surface area contributed by atoms with Gasteiger partial charge in [-0.3, -0.25) is 9.59 Å². The Morgan fingerprint density at radius 2 is 1.52 bits per heavy atom. The highest BCUT2D eigenvalue weighted by molar-refractivity contribution is 8.00. The summed E-state index contributed by atoms with van der Waals surface area (Å²) in [5.74, 6) is -0.792. The van der Waals surface area contributed by atoms with Crippen LogP contribution in [-0.2, 0) is 16.1 Å². The normalized spacial score (nSPS) is 10.4. The molecule has 0 heterocycles. The zero-order valence-corrected chi connectivity index (χ0v) is 14.5. The van der Waals surface area contributed by atoms with E-state index in [1.807, 2.05) is 0 Å². The highest BCUT2D eigenvalue weighted by Crippen LogP contribution is 2.11. The van der Waals surface area contributed by atoms with E-state index in [1.54, 1.807) is 19.2 Å². The molecule has 1 N–H and O–H groups in total. The summed E-state index contributed by atoms with van der Waals surface area (Å²) >= 11 is 1.20. The van der Waals surface area contributed by atoms with Gasteiger partial charge in [-0.1, -0.05) is 12.1 Å². The molecule has 0 aliphatic rings. The molecule has 0 fully saturated rings. The van der Waals surface area contributed by atoms with Crippen LogP contribution >= 0.6 is 11.8 Å². The number of nitrogens with one attached hydrogen (secondary N) is 1. The number of thioether (sulfide) groups is 1. The van der Waals surface area contributed by atoms with Gasteiger partial charge in [0, 0.05) is 19.3 Å². The predicted octanol–water partition coefficient (Wildman–Crippen LogP) is 3.30. The van der Waals surface area contributed by atoms with Crippen molar-refractivity contribution in [1.29, 1.82) is 0 Å². The minimum Gasteiger partial charge on any atom is -0.341 e. The minimum atomic E-state index is -0.373. The fourth-order valence-electron chi connectivity index (χ4n) is 2.02. The summed E-state index contributed by atoms with van der Waals surface area (Å²) in [4.78, 5) is 25.4. The van der Waals surface area contributed by atoms with Gasteiger partial charge in [-0.2, -0.15) is 0 Å². The van der Waals surface area contributed by atoms with Crippen molar-refractivity contribution in [3.63, 3.8) is 0 Å². The van der Waals surface area contributed by atoms with Crippen molar-refractivity contribution < 1.29 is 18.4 Å². The van der Waals surface area contributed by atoms with Crippen LogP contribution in [0.5, 0.6) is 0 Å². The SMILES string of the molecule is CN(Cc1ccc(F)cc1)C(=O)CSCC(=O)Nc1ccc(F)cc1. The number of carbonyl (C=O) groups is 2. The lowest BCUT2D eigenvalue weighted by Crippen LogP contribution is -2.28. The Balaban J connectivity index is 1.71. The number of anilines is 1. The third-order valence-electron chi connectivity index (χ3n) is 3.35. The summed E-state index contributed by atoms with van der Waals surface area (Å²) in [7, 11) is 1.66. The van der Waals surface area contributed by atoms with Crippen LogP contribution in [0, 0.1) is 11.6 Å². The second kappa shape index (κ2) is 9.17. The van der Waals surface area contributed by atoms with Crippen LogP contribution < -0.4 is 5.32 Å². The lowest BCUT2D eigenvalue weighted by Gasteiger charge is -2.17. The molecule has 0 aliphatic heterocycles. The topological polar surface area (TPSA) is 49.4 Å². The monoisotopic (exact) mass is 364 g/mol. The number of carbonyl (C=O) groups excluding carboxylic acids is 2. The van der Waals surface area contributed by atoms with Crippen LogP contribution in [0.3, 0.4) is 0 Å². The Labute approximate surface area is 149 Å². The van der Waals surface area contributed by atoms with Crippen molar-refractivity contribution >= 4 is 29.3 Å². The number of benzene rings is 2. The number of nitrogens with zero attached hydrogens (tertiary/aromatic N) is 1. The largest absolute Gasteiger partial charge is 0.341 e. The molecule has 0 radical (unpaired) electrons. The van der Waals surface area contributed by atoms with Gasteiger partial charge < -0.3 is 10.2 Å². The molecular weight excluding hydrogens is 346 g/mol. The molecule has 0 bridgehead atoms. The molecule has 0 atom stereocenters. The Bertz CT molecular complexity index is 721. The summed E-state index contributed by atoms with van der Waals surface area (Å²) in [6.07, 6.45) is 0. The first-order valence-electron chi connectivity index (χ1n) is 7.55. The van der Waals surface area contributed by atoms with Gasteiger partial charge in [-0.15, -0.1) is 11.8 Å². The molecule has 25 heavy (non-hydrogen) atoms. The minimum absolute atomic E-state index is 0.119. The lowest BCUT2D eigenvalue weighted by atomic mass is 10.2. The highest BCUT2D eigenvalue weighted by atomic mass is 32.2. The van der Waals surface area contributed by atoms with Crippen molar-refractivity contribution in [3.8, 4) is 0 Å². The fraction of sp³-hybridized carbons (Fsp3) is 0.222. The van der Waals surface area contributed by atoms with Crippen molar-refractivity contribution in [2.45, 2.75) is 6.54 Å². The fourth-order valence-corrected chi connectivity index (χ4v) is 2.78. The summed E-state index contributed by atoms with van der Waals surface area (Å²) in [6.45, 7) is 0.376. The molecule has 0 spiro atoms. The van der Waals surface area contributed by atoms with Crippen LogP contribution in [0.2, 0.25) is 0 Å². The van der Waals surface area contributed by atoms with Crippen molar-refractivity contribution in [1.82, 2.24) is 4.90 Å². The molecule has 2 rings (SSSR count). The maximum atomic E-state index is 12.9. The second-order valence-electron chi connectivity index (χ2n) is 5.42. The first kappa shape index (κ1) is 18.9. The summed E-state index contributed by atoms with van der Waals surface area (Å²) in [6, 6.07) is 11.4. The molecule has 4 nitrogen and oxygen atoms in total. The molecule has 2 amide bonds. The Morgan fingerprint density at radius 3 is 2.12 bits per heavy atom. The maximum absolute atomic E-state index is 12.9. The van der Waals surface area contributed by atoms with Gasteiger partial charge in [0.2, 0.25) is 11.8 Å². The van der Waals surface area contributed by atoms with E-state index in [1.165, 1.54) is 53.1 Å². The standard InChI is InChI=1S/C18H18F2N2O2S/c1-22(10-13-2-4-14(19)5-3-13)18(24)12-25-11-17(23)21-16-8-6-15(20)7-9-16/h2-9H,10-12H2,1H3,(H,21,23). The van der Waals surface area contributed by atoms with Gasteiger partial charge in [0.1, 0.15) is 11.6 Å². The van der Waals surface area contributed by atoms with E-state index in [2.05, 4.69) is 5.32 Å². The molecule has 0 aliphatic carbocycles. The van der Waals surface area contributed by atoms with Gasteiger partial charge >= 0.3 is 0 Å². The quantitative estimate of drug-likeness (QED) is 0.820. The van der Waals surface area contributed by atoms with Gasteiger partial charge in [0.05, 0.1) is 11.5 Å². The van der Waals surface area contributed by atoms with Crippen molar-refractivity contribution in [2.75, 3.05) is 23.9 Å². The molecular formula is C18H18F2N2O2S. The van der Waals surface area contributed by atoms with Crippen molar-refractivity contribution in [3.05, 3.63) is 65.7 Å². The van der Waals surface area contributed by atoms with Gasteiger partial charge in [0.15, 0.2) is 0 Å². The number of amides is 2. The lowest BCUT2D eigenvalue weighted by molar-refractivity contribution is -0.127.